The van der Waals surface area contributed by atoms with Crippen LogP contribution in [0.3, 0.4) is 0 Å². The monoisotopic (exact) mass is 410 g/mol. The van der Waals surface area contributed by atoms with Gasteiger partial charge in [0.25, 0.3) is 5.91 Å². The summed E-state index contributed by atoms with van der Waals surface area (Å²) in [4.78, 5) is 16.3. The van der Waals surface area contributed by atoms with E-state index in [1.807, 2.05) is 0 Å². The number of ether oxygens (including phenoxy) is 1. The van der Waals surface area contributed by atoms with Crippen molar-refractivity contribution in [1.29, 1.82) is 0 Å². The lowest BCUT2D eigenvalue weighted by Gasteiger charge is -2.11. The fraction of sp³-hybridized carbons (Fsp3) is 0.0526. The second-order valence-corrected chi connectivity index (χ2v) is 5.97. The highest BCUT2D eigenvalue weighted by Gasteiger charge is 2.31. The Morgan fingerprint density at radius 2 is 1.86 bits per heavy atom. The fourth-order valence-corrected chi connectivity index (χ4v) is 2.63. The number of rotatable bonds is 4. The maximum Gasteiger partial charge on any atom is 0.573 e. The number of alkyl halides is 3. The van der Waals surface area contributed by atoms with Crippen molar-refractivity contribution in [3.8, 4) is 17.0 Å². The number of pyridine rings is 1. The molecule has 1 aromatic heterocycles. The van der Waals surface area contributed by atoms with Gasteiger partial charge in [-0.15, -0.1) is 13.2 Å². The molecule has 3 aromatic rings. The van der Waals surface area contributed by atoms with Crippen molar-refractivity contribution < 1.29 is 27.1 Å². The van der Waals surface area contributed by atoms with E-state index < -0.39 is 23.8 Å². The lowest BCUT2D eigenvalue weighted by atomic mass is 10.1. The third-order valence-corrected chi connectivity index (χ3v) is 3.88. The molecule has 0 aliphatic rings. The van der Waals surface area contributed by atoms with E-state index in [1.54, 1.807) is 12.1 Å². The number of hydrogen-bond donors (Lipinski definition) is 1. The molecule has 0 fully saturated rings. The number of anilines is 1. The Hall–Kier alpha value is -3.13. The normalized spacial score (nSPS) is 11.2. The fourth-order valence-electron chi connectivity index (χ4n) is 2.41. The average Bonchev–Trinajstić information content (AvgIpc) is 2.61. The number of benzene rings is 2. The highest BCUT2D eigenvalue weighted by Crippen LogP contribution is 2.29. The molecule has 0 aliphatic heterocycles. The summed E-state index contributed by atoms with van der Waals surface area (Å²) in [5.41, 5.74) is 0.368. The SMILES string of the molecule is O=C(Nc1cccc(OC(F)(F)F)c1)c1ccc(-c2ncccc2Cl)c(F)c1. The van der Waals surface area contributed by atoms with Crippen molar-refractivity contribution in [2.75, 3.05) is 5.32 Å². The molecule has 0 atom stereocenters. The van der Waals surface area contributed by atoms with Gasteiger partial charge in [0.15, 0.2) is 0 Å². The Morgan fingerprint density at radius 1 is 1.07 bits per heavy atom. The molecular formula is C19H11ClF4N2O2. The molecule has 3 rings (SSSR count). The highest BCUT2D eigenvalue weighted by atomic mass is 35.5. The summed E-state index contributed by atoms with van der Waals surface area (Å²) in [5.74, 6) is -1.92. The summed E-state index contributed by atoms with van der Waals surface area (Å²) in [6, 6.07) is 11.6. The molecule has 0 saturated heterocycles. The molecule has 0 bridgehead atoms. The zero-order valence-corrected chi connectivity index (χ0v) is 14.7. The van der Waals surface area contributed by atoms with Crippen LogP contribution in [0, 0.1) is 5.82 Å². The Balaban J connectivity index is 1.80. The molecule has 1 heterocycles. The van der Waals surface area contributed by atoms with Gasteiger partial charge in [-0.25, -0.2) is 4.39 Å². The standard InChI is InChI=1S/C19H11ClF4N2O2/c20-15-5-2-8-25-17(15)14-7-6-11(9-16(14)21)18(27)26-12-3-1-4-13(10-12)28-19(22,23)24/h1-10H,(H,26,27). The quantitative estimate of drug-likeness (QED) is 0.562. The van der Waals surface area contributed by atoms with Crippen LogP contribution in [0.5, 0.6) is 5.75 Å². The smallest absolute Gasteiger partial charge is 0.406 e. The van der Waals surface area contributed by atoms with Crippen LogP contribution in [0.25, 0.3) is 11.3 Å². The molecule has 28 heavy (non-hydrogen) atoms. The van der Waals surface area contributed by atoms with E-state index in [1.165, 1.54) is 30.5 Å². The number of halogens is 5. The van der Waals surface area contributed by atoms with E-state index in [0.717, 1.165) is 18.2 Å². The van der Waals surface area contributed by atoms with E-state index in [0.29, 0.717) is 0 Å². The van der Waals surface area contributed by atoms with Crippen LogP contribution in [0.2, 0.25) is 5.02 Å². The van der Waals surface area contributed by atoms with Crippen molar-refractivity contribution in [2.45, 2.75) is 6.36 Å². The van der Waals surface area contributed by atoms with Gasteiger partial charge in [0, 0.05) is 29.1 Å². The maximum atomic E-state index is 14.4. The minimum absolute atomic E-state index is 0.0320. The van der Waals surface area contributed by atoms with E-state index in [9.17, 15) is 22.4 Å². The summed E-state index contributed by atoms with van der Waals surface area (Å²) >= 11 is 6.00. The number of nitrogens with one attached hydrogen (secondary N) is 1. The number of carbonyl (C=O) groups excluding carboxylic acids is 1. The summed E-state index contributed by atoms with van der Waals surface area (Å²) in [6.45, 7) is 0. The number of carbonyl (C=O) groups is 1. The van der Waals surface area contributed by atoms with Crippen molar-refractivity contribution >= 4 is 23.2 Å². The van der Waals surface area contributed by atoms with Crippen molar-refractivity contribution in [1.82, 2.24) is 4.98 Å². The average molecular weight is 411 g/mol. The van der Waals surface area contributed by atoms with E-state index >= 15 is 0 Å². The molecule has 4 nitrogen and oxygen atoms in total. The summed E-state index contributed by atoms with van der Waals surface area (Å²) < 4.78 is 55.1. The molecule has 0 unspecified atom stereocenters. The largest absolute Gasteiger partial charge is 0.573 e. The maximum absolute atomic E-state index is 14.4. The predicted molar refractivity (Wildman–Crippen MR) is 95.7 cm³/mol. The molecule has 2 aromatic carbocycles. The zero-order valence-electron chi connectivity index (χ0n) is 13.9. The minimum Gasteiger partial charge on any atom is -0.406 e. The van der Waals surface area contributed by atoms with Gasteiger partial charge in [-0.3, -0.25) is 9.78 Å². The first-order valence-corrected chi connectivity index (χ1v) is 8.18. The molecule has 0 radical (unpaired) electrons. The molecule has 144 valence electrons. The first-order chi connectivity index (χ1) is 13.2. The van der Waals surface area contributed by atoms with Gasteiger partial charge in [0.05, 0.1) is 10.7 Å². The van der Waals surface area contributed by atoms with Gasteiger partial charge in [-0.1, -0.05) is 17.7 Å². The van der Waals surface area contributed by atoms with Crippen LogP contribution >= 0.6 is 11.6 Å². The van der Waals surface area contributed by atoms with E-state index in [-0.39, 0.29) is 27.5 Å². The lowest BCUT2D eigenvalue weighted by molar-refractivity contribution is -0.274. The molecular weight excluding hydrogens is 400 g/mol. The first kappa shape index (κ1) is 19.6. The third-order valence-electron chi connectivity index (χ3n) is 3.57. The van der Waals surface area contributed by atoms with Crippen molar-refractivity contribution in [3.05, 3.63) is 77.2 Å². The Bertz CT molecular complexity index is 1020. The Labute approximate surface area is 161 Å². The Morgan fingerprint density at radius 3 is 2.54 bits per heavy atom. The summed E-state index contributed by atoms with van der Waals surface area (Å²) in [5, 5.41) is 2.64. The molecule has 1 amide bonds. The number of nitrogens with zero attached hydrogens (tertiary/aromatic N) is 1. The third kappa shape index (κ3) is 4.77. The summed E-state index contributed by atoms with van der Waals surface area (Å²) in [7, 11) is 0. The molecule has 9 heteroatoms. The lowest BCUT2D eigenvalue weighted by Crippen LogP contribution is -2.17. The van der Waals surface area contributed by atoms with Gasteiger partial charge in [-0.2, -0.15) is 0 Å². The highest BCUT2D eigenvalue weighted by molar-refractivity contribution is 6.33. The van der Waals surface area contributed by atoms with Gasteiger partial charge in [0.2, 0.25) is 0 Å². The van der Waals surface area contributed by atoms with Crippen LogP contribution < -0.4 is 10.1 Å². The summed E-state index contributed by atoms with van der Waals surface area (Å²) in [6.07, 6.45) is -3.40. The number of aromatic nitrogens is 1. The van der Waals surface area contributed by atoms with Crippen LogP contribution in [0.15, 0.2) is 60.8 Å². The predicted octanol–water partition coefficient (Wildman–Crippen LogP) is 5.69. The van der Waals surface area contributed by atoms with E-state index in [4.69, 9.17) is 11.6 Å². The topological polar surface area (TPSA) is 51.2 Å². The van der Waals surface area contributed by atoms with Crippen molar-refractivity contribution in [3.63, 3.8) is 0 Å². The second kappa shape index (κ2) is 7.85. The van der Waals surface area contributed by atoms with Gasteiger partial charge < -0.3 is 10.1 Å². The number of hydrogen-bond acceptors (Lipinski definition) is 3. The molecule has 1 N–H and O–H groups in total. The van der Waals surface area contributed by atoms with Crippen LogP contribution in [0.1, 0.15) is 10.4 Å². The number of amides is 1. The van der Waals surface area contributed by atoms with Crippen LogP contribution in [-0.2, 0) is 0 Å². The van der Waals surface area contributed by atoms with Gasteiger partial charge >= 0.3 is 6.36 Å². The molecule has 0 aliphatic carbocycles. The van der Waals surface area contributed by atoms with E-state index in [2.05, 4.69) is 15.0 Å². The first-order valence-electron chi connectivity index (χ1n) is 7.80. The van der Waals surface area contributed by atoms with Crippen molar-refractivity contribution in [2.24, 2.45) is 0 Å². The Kier molecular flexibility index (Phi) is 5.51. The van der Waals surface area contributed by atoms with Gasteiger partial charge in [0.1, 0.15) is 11.6 Å². The molecule has 0 spiro atoms. The minimum atomic E-state index is -4.85. The second-order valence-electron chi connectivity index (χ2n) is 5.56. The van der Waals surface area contributed by atoms with Crippen LogP contribution in [-0.4, -0.2) is 17.3 Å². The van der Waals surface area contributed by atoms with Crippen LogP contribution in [0.4, 0.5) is 23.2 Å². The molecule has 0 saturated carbocycles. The van der Waals surface area contributed by atoms with Gasteiger partial charge in [-0.05, 0) is 42.5 Å². The zero-order chi connectivity index (χ0) is 20.3.